The Labute approximate surface area is 113 Å². The van der Waals surface area contributed by atoms with E-state index in [1.54, 1.807) is 0 Å². The Bertz CT molecular complexity index is 314. The van der Waals surface area contributed by atoms with Crippen LogP contribution in [0.25, 0.3) is 0 Å². The molecule has 0 aromatic rings. The molecule has 2 atom stereocenters. The molecule has 0 aromatic carbocycles. The number of carbonyl (C=O) groups excluding carboxylic acids is 1. The van der Waals surface area contributed by atoms with Crippen LogP contribution < -0.4 is 5.32 Å². The average molecular weight is 273 g/mol. The van der Waals surface area contributed by atoms with Gasteiger partial charge in [0.25, 0.3) is 0 Å². The molecule has 1 heterocycles. The van der Waals surface area contributed by atoms with Gasteiger partial charge in [-0.1, -0.05) is 13.3 Å². The Kier molecular flexibility index (Phi) is 6.24. The van der Waals surface area contributed by atoms with Crippen molar-refractivity contribution in [1.29, 1.82) is 0 Å². The van der Waals surface area contributed by atoms with Crippen LogP contribution in [0.15, 0.2) is 0 Å². The van der Waals surface area contributed by atoms with Gasteiger partial charge >= 0.3 is 5.97 Å². The van der Waals surface area contributed by atoms with E-state index in [0.717, 1.165) is 19.4 Å². The Balaban J connectivity index is 2.29. The second kappa shape index (κ2) is 7.45. The number of hydrogen-bond acceptors (Lipinski definition) is 4. The van der Waals surface area contributed by atoms with Crippen molar-refractivity contribution < 1.29 is 24.2 Å². The molecule has 1 amide bonds. The maximum Gasteiger partial charge on any atom is 0.329 e. The summed E-state index contributed by atoms with van der Waals surface area (Å²) in [6.07, 6.45) is 3.10. The molecule has 2 N–H and O–H groups in total. The predicted octanol–water partition coefficient (Wildman–Crippen LogP) is 0.942. The number of aliphatic carboxylic acids is 1. The zero-order valence-corrected chi connectivity index (χ0v) is 11.6. The minimum absolute atomic E-state index is 0.0642. The molecule has 6 nitrogen and oxygen atoms in total. The van der Waals surface area contributed by atoms with Gasteiger partial charge in [-0.05, 0) is 26.2 Å². The van der Waals surface area contributed by atoms with Gasteiger partial charge in [0.1, 0.15) is 12.1 Å². The van der Waals surface area contributed by atoms with Gasteiger partial charge in [0.2, 0.25) is 5.91 Å². The zero-order chi connectivity index (χ0) is 14.3. The van der Waals surface area contributed by atoms with Crippen LogP contribution in [0.1, 0.15) is 39.5 Å². The van der Waals surface area contributed by atoms with E-state index in [9.17, 15) is 9.59 Å². The van der Waals surface area contributed by atoms with Crippen LogP contribution in [0, 0.1) is 0 Å². The highest BCUT2D eigenvalue weighted by atomic mass is 16.5. The molecule has 0 radical (unpaired) electrons. The van der Waals surface area contributed by atoms with Crippen molar-refractivity contribution in [2.45, 2.75) is 51.2 Å². The fourth-order valence-corrected chi connectivity index (χ4v) is 2.13. The molecule has 2 unspecified atom stereocenters. The highest BCUT2D eigenvalue weighted by Crippen LogP contribution is 2.13. The molecule has 0 aromatic heterocycles. The van der Waals surface area contributed by atoms with Crippen molar-refractivity contribution in [3.63, 3.8) is 0 Å². The van der Waals surface area contributed by atoms with E-state index in [1.165, 1.54) is 6.92 Å². The van der Waals surface area contributed by atoms with Crippen LogP contribution in [0.4, 0.5) is 0 Å². The van der Waals surface area contributed by atoms with E-state index in [4.69, 9.17) is 14.6 Å². The minimum Gasteiger partial charge on any atom is -0.480 e. The minimum atomic E-state index is -1.22. The summed E-state index contributed by atoms with van der Waals surface area (Å²) in [4.78, 5) is 22.8. The van der Waals surface area contributed by atoms with E-state index >= 15 is 0 Å². The predicted molar refractivity (Wildman–Crippen MR) is 68.9 cm³/mol. The van der Waals surface area contributed by atoms with Crippen LogP contribution in [0.3, 0.4) is 0 Å². The first-order valence-corrected chi connectivity index (χ1v) is 6.71. The largest absolute Gasteiger partial charge is 0.480 e. The van der Waals surface area contributed by atoms with Gasteiger partial charge in [0.05, 0.1) is 12.7 Å². The van der Waals surface area contributed by atoms with Crippen LogP contribution in [-0.2, 0) is 19.1 Å². The summed E-state index contributed by atoms with van der Waals surface area (Å²) < 4.78 is 10.6. The van der Waals surface area contributed by atoms with Crippen molar-refractivity contribution in [2.24, 2.45) is 0 Å². The number of amides is 1. The summed E-state index contributed by atoms with van der Waals surface area (Å²) in [5.41, 5.74) is -1.22. The first-order chi connectivity index (χ1) is 8.98. The number of hydrogen-bond donors (Lipinski definition) is 2. The molecule has 1 rings (SSSR count). The van der Waals surface area contributed by atoms with Crippen LogP contribution in [0.5, 0.6) is 0 Å². The van der Waals surface area contributed by atoms with Gasteiger partial charge in [0, 0.05) is 6.61 Å². The van der Waals surface area contributed by atoms with Crippen molar-refractivity contribution in [2.75, 3.05) is 19.8 Å². The number of nitrogens with one attached hydrogen (secondary N) is 1. The molecule has 0 spiro atoms. The molecule has 0 aliphatic carbocycles. The van der Waals surface area contributed by atoms with Crippen molar-refractivity contribution >= 4 is 11.9 Å². The molecular formula is C13H23NO5. The summed E-state index contributed by atoms with van der Waals surface area (Å²) >= 11 is 0. The lowest BCUT2D eigenvalue weighted by Crippen LogP contribution is -2.53. The third-order valence-corrected chi connectivity index (χ3v) is 3.20. The summed E-state index contributed by atoms with van der Waals surface area (Å²) in [6.45, 7) is 4.38. The SMILES string of the molecule is CCCC(C)(NC(=O)COCC1CCCO1)C(=O)O. The molecule has 1 aliphatic heterocycles. The standard InChI is InChI=1S/C13H23NO5/c1-3-6-13(2,12(16)17)14-11(15)9-18-8-10-5-4-7-19-10/h10H,3-9H2,1-2H3,(H,14,15)(H,16,17). The van der Waals surface area contributed by atoms with Crippen molar-refractivity contribution in [1.82, 2.24) is 5.32 Å². The van der Waals surface area contributed by atoms with E-state index < -0.39 is 17.4 Å². The molecule has 110 valence electrons. The monoisotopic (exact) mass is 273 g/mol. The fraction of sp³-hybridized carbons (Fsp3) is 0.846. The first-order valence-electron chi connectivity index (χ1n) is 6.71. The van der Waals surface area contributed by atoms with E-state index in [2.05, 4.69) is 5.32 Å². The maximum absolute atomic E-state index is 11.7. The van der Waals surface area contributed by atoms with E-state index in [0.29, 0.717) is 19.4 Å². The normalized spacial score (nSPS) is 21.9. The fourth-order valence-electron chi connectivity index (χ4n) is 2.13. The number of ether oxygens (including phenoxy) is 2. The third-order valence-electron chi connectivity index (χ3n) is 3.20. The number of carboxylic acids is 1. The molecule has 19 heavy (non-hydrogen) atoms. The van der Waals surface area contributed by atoms with Gasteiger partial charge in [-0.25, -0.2) is 4.79 Å². The number of carbonyl (C=O) groups is 2. The Morgan fingerprint density at radius 1 is 1.53 bits per heavy atom. The van der Waals surface area contributed by atoms with E-state index in [-0.39, 0.29) is 12.7 Å². The highest BCUT2D eigenvalue weighted by molar-refractivity contribution is 5.87. The second-order valence-electron chi connectivity index (χ2n) is 5.09. The maximum atomic E-state index is 11.7. The van der Waals surface area contributed by atoms with Crippen molar-refractivity contribution in [3.05, 3.63) is 0 Å². The average Bonchev–Trinajstić information content (AvgIpc) is 2.82. The Morgan fingerprint density at radius 3 is 2.79 bits per heavy atom. The lowest BCUT2D eigenvalue weighted by Gasteiger charge is -2.25. The summed E-state index contributed by atoms with van der Waals surface area (Å²) in [6, 6.07) is 0. The summed E-state index contributed by atoms with van der Waals surface area (Å²) in [5, 5.41) is 11.6. The number of rotatable bonds is 8. The summed E-state index contributed by atoms with van der Waals surface area (Å²) in [7, 11) is 0. The van der Waals surface area contributed by atoms with Crippen LogP contribution >= 0.6 is 0 Å². The van der Waals surface area contributed by atoms with Gasteiger partial charge in [-0.3, -0.25) is 4.79 Å². The smallest absolute Gasteiger partial charge is 0.329 e. The Morgan fingerprint density at radius 2 is 2.26 bits per heavy atom. The van der Waals surface area contributed by atoms with Gasteiger partial charge in [-0.2, -0.15) is 0 Å². The third kappa shape index (κ3) is 5.16. The zero-order valence-electron chi connectivity index (χ0n) is 11.6. The van der Waals surface area contributed by atoms with Gasteiger partial charge < -0.3 is 19.9 Å². The van der Waals surface area contributed by atoms with Crippen LogP contribution in [-0.4, -0.2) is 48.4 Å². The van der Waals surface area contributed by atoms with Gasteiger partial charge in [0.15, 0.2) is 0 Å². The first kappa shape index (κ1) is 15.9. The molecule has 0 bridgehead atoms. The van der Waals surface area contributed by atoms with Crippen molar-refractivity contribution in [3.8, 4) is 0 Å². The molecule has 1 fully saturated rings. The quantitative estimate of drug-likeness (QED) is 0.687. The number of carboxylic acid groups (broad SMARTS) is 1. The van der Waals surface area contributed by atoms with E-state index in [1.807, 2.05) is 6.92 Å². The van der Waals surface area contributed by atoms with Gasteiger partial charge in [-0.15, -0.1) is 0 Å². The highest BCUT2D eigenvalue weighted by Gasteiger charge is 2.33. The lowest BCUT2D eigenvalue weighted by molar-refractivity contribution is -0.148. The Hall–Kier alpha value is -1.14. The molecule has 6 heteroatoms. The molecule has 0 saturated carbocycles. The van der Waals surface area contributed by atoms with Crippen LogP contribution in [0.2, 0.25) is 0 Å². The molecule has 1 saturated heterocycles. The topological polar surface area (TPSA) is 84.9 Å². The summed E-state index contributed by atoms with van der Waals surface area (Å²) in [5.74, 6) is -1.43. The molecular weight excluding hydrogens is 250 g/mol. The molecule has 1 aliphatic rings. The lowest BCUT2D eigenvalue weighted by atomic mass is 9.96. The second-order valence-corrected chi connectivity index (χ2v) is 5.09.